The number of hydrogen-bond donors (Lipinski definition) is 1. The van der Waals surface area contributed by atoms with Gasteiger partial charge in [-0.2, -0.15) is 0 Å². The summed E-state index contributed by atoms with van der Waals surface area (Å²) in [5.41, 5.74) is 9.51. The minimum Gasteiger partial charge on any atom is -0.324 e. The predicted octanol–water partition coefficient (Wildman–Crippen LogP) is 4.47. The van der Waals surface area contributed by atoms with E-state index >= 15 is 0 Å². The van der Waals surface area contributed by atoms with E-state index in [-0.39, 0.29) is 11.9 Å². The Kier molecular flexibility index (Phi) is 3.69. The molecule has 2 aromatic carbocycles. The van der Waals surface area contributed by atoms with Gasteiger partial charge in [0.25, 0.3) is 0 Å². The monoisotopic (exact) mass is 263 g/mol. The first-order chi connectivity index (χ1) is 8.49. The smallest absolute Gasteiger partial charge is 0.123 e. The highest BCUT2D eigenvalue weighted by molar-refractivity contribution is 6.31. The van der Waals surface area contributed by atoms with E-state index in [1.165, 1.54) is 12.1 Å². The molecule has 2 rings (SSSR count). The molecule has 0 fully saturated rings. The van der Waals surface area contributed by atoms with Crippen molar-refractivity contribution in [3.63, 3.8) is 0 Å². The maximum Gasteiger partial charge on any atom is 0.123 e. The summed E-state index contributed by atoms with van der Waals surface area (Å²) >= 11 is 6.11. The molecule has 0 aliphatic heterocycles. The largest absolute Gasteiger partial charge is 0.324 e. The lowest BCUT2D eigenvalue weighted by Gasteiger charge is -2.14. The molecule has 0 saturated carbocycles. The summed E-state index contributed by atoms with van der Waals surface area (Å²) in [7, 11) is 0. The molecule has 0 bridgehead atoms. The molecule has 1 nitrogen and oxygen atoms in total. The second-order valence-electron chi connectivity index (χ2n) is 4.48. The zero-order valence-corrected chi connectivity index (χ0v) is 11.1. The highest BCUT2D eigenvalue weighted by Crippen LogP contribution is 2.31. The molecule has 2 N–H and O–H groups in total. The number of rotatable bonds is 2. The average Bonchev–Trinajstić information content (AvgIpc) is 2.32. The molecule has 0 aliphatic rings. The van der Waals surface area contributed by atoms with Gasteiger partial charge in [-0.05, 0) is 54.3 Å². The SMILES string of the molecule is Cc1ccc(-c2cc(F)ccc2C(C)N)cc1Cl. The van der Waals surface area contributed by atoms with Crippen molar-refractivity contribution in [2.45, 2.75) is 19.9 Å². The summed E-state index contributed by atoms with van der Waals surface area (Å²) in [6.45, 7) is 3.82. The first-order valence-corrected chi connectivity index (χ1v) is 6.18. The first-order valence-electron chi connectivity index (χ1n) is 5.80. The van der Waals surface area contributed by atoms with Gasteiger partial charge in [0.15, 0.2) is 0 Å². The lowest BCUT2D eigenvalue weighted by atomic mass is 9.95. The van der Waals surface area contributed by atoms with Gasteiger partial charge in [-0.3, -0.25) is 0 Å². The Bertz CT molecular complexity index is 579. The minimum absolute atomic E-state index is 0.152. The average molecular weight is 264 g/mol. The Morgan fingerprint density at radius 3 is 2.50 bits per heavy atom. The lowest BCUT2D eigenvalue weighted by molar-refractivity contribution is 0.626. The van der Waals surface area contributed by atoms with Crippen LogP contribution in [0.4, 0.5) is 4.39 Å². The molecule has 18 heavy (non-hydrogen) atoms. The second-order valence-corrected chi connectivity index (χ2v) is 4.89. The Morgan fingerprint density at radius 1 is 1.17 bits per heavy atom. The van der Waals surface area contributed by atoms with Crippen LogP contribution in [0.5, 0.6) is 0 Å². The van der Waals surface area contributed by atoms with Crippen LogP contribution in [0.2, 0.25) is 5.02 Å². The van der Waals surface area contributed by atoms with Crippen molar-refractivity contribution in [2.75, 3.05) is 0 Å². The number of halogens is 2. The standard InChI is InChI=1S/C15H15ClFN/c1-9-3-4-11(7-15(9)16)14-8-12(17)5-6-13(14)10(2)18/h3-8,10H,18H2,1-2H3. The van der Waals surface area contributed by atoms with Crippen LogP contribution in [0.15, 0.2) is 36.4 Å². The Morgan fingerprint density at radius 2 is 1.89 bits per heavy atom. The van der Waals surface area contributed by atoms with E-state index in [0.29, 0.717) is 5.02 Å². The third-order valence-electron chi connectivity index (χ3n) is 2.99. The number of nitrogens with two attached hydrogens (primary N) is 1. The van der Waals surface area contributed by atoms with Crippen molar-refractivity contribution in [2.24, 2.45) is 5.73 Å². The lowest BCUT2D eigenvalue weighted by Crippen LogP contribution is -2.07. The van der Waals surface area contributed by atoms with Crippen molar-refractivity contribution in [1.29, 1.82) is 0 Å². The maximum absolute atomic E-state index is 13.4. The third kappa shape index (κ3) is 2.55. The molecule has 0 amide bonds. The van der Waals surface area contributed by atoms with Crippen LogP contribution in [0.1, 0.15) is 24.1 Å². The molecule has 0 spiro atoms. The van der Waals surface area contributed by atoms with Crippen molar-refractivity contribution in [3.05, 3.63) is 58.4 Å². The molecule has 0 radical (unpaired) electrons. The molecule has 0 aromatic heterocycles. The first kappa shape index (κ1) is 13.1. The maximum atomic E-state index is 13.4. The van der Waals surface area contributed by atoms with Crippen LogP contribution < -0.4 is 5.73 Å². The van der Waals surface area contributed by atoms with E-state index in [2.05, 4.69) is 0 Å². The zero-order valence-electron chi connectivity index (χ0n) is 10.4. The van der Waals surface area contributed by atoms with Crippen molar-refractivity contribution in [1.82, 2.24) is 0 Å². The highest BCUT2D eigenvalue weighted by Gasteiger charge is 2.11. The molecular weight excluding hydrogens is 249 g/mol. The molecular formula is C15H15ClFN. The predicted molar refractivity (Wildman–Crippen MR) is 74.2 cm³/mol. The molecule has 3 heteroatoms. The van der Waals surface area contributed by atoms with Gasteiger partial charge in [0.1, 0.15) is 5.82 Å². The zero-order chi connectivity index (χ0) is 13.3. The normalized spacial score (nSPS) is 12.5. The third-order valence-corrected chi connectivity index (χ3v) is 3.40. The van der Waals surface area contributed by atoms with Crippen LogP contribution in [0, 0.1) is 12.7 Å². The van der Waals surface area contributed by atoms with Gasteiger partial charge in [0, 0.05) is 11.1 Å². The van der Waals surface area contributed by atoms with Gasteiger partial charge in [-0.15, -0.1) is 0 Å². The molecule has 94 valence electrons. The summed E-state index contributed by atoms with van der Waals surface area (Å²) in [4.78, 5) is 0. The fourth-order valence-electron chi connectivity index (χ4n) is 1.94. The summed E-state index contributed by atoms with van der Waals surface area (Å²) in [5, 5.41) is 0.674. The topological polar surface area (TPSA) is 26.0 Å². The molecule has 0 saturated heterocycles. The summed E-state index contributed by atoms with van der Waals surface area (Å²) in [6, 6.07) is 10.2. The van der Waals surface area contributed by atoms with E-state index < -0.39 is 0 Å². The van der Waals surface area contributed by atoms with Crippen LogP contribution >= 0.6 is 11.6 Å². The van der Waals surface area contributed by atoms with E-state index in [4.69, 9.17) is 17.3 Å². The van der Waals surface area contributed by atoms with Gasteiger partial charge >= 0.3 is 0 Å². The van der Waals surface area contributed by atoms with Crippen molar-refractivity contribution in [3.8, 4) is 11.1 Å². The van der Waals surface area contributed by atoms with Crippen LogP contribution in [0.3, 0.4) is 0 Å². The van der Waals surface area contributed by atoms with Crippen molar-refractivity contribution >= 4 is 11.6 Å². The van der Waals surface area contributed by atoms with Crippen LogP contribution in [0.25, 0.3) is 11.1 Å². The minimum atomic E-state index is -0.272. The van der Waals surface area contributed by atoms with E-state index in [1.54, 1.807) is 6.07 Å². The second kappa shape index (κ2) is 5.09. The van der Waals surface area contributed by atoms with E-state index in [1.807, 2.05) is 32.0 Å². The van der Waals surface area contributed by atoms with Crippen LogP contribution in [-0.2, 0) is 0 Å². The van der Waals surface area contributed by atoms with Gasteiger partial charge in [-0.1, -0.05) is 29.8 Å². The molecule has 2 aromatic rings. The summed E-state index contributed by atoms with van der Waals surface area (Å²) < 4.78 is 13.4. The van der Waals surface area contributed by atoms with Crippen molar-refractivity contribution < 1.29 is 4.39 Å². The fourth-order valence-corrected chi connectivity index (χ4v) is 2.12. The fraction of sp³-hybridized carbons (Fsp3) is 0.200. The van der Waals surface area contributed by atoms with Gasteiger partial charge in [-0.25, -0.2) is 4.39 Å². The van der Waals surface area contributed by atoms with E-state index in [0.717, 1.165) is 22.3 Å². The Hall–Kier alpha value is -1.38. The highest BCUT2D eigenvalue weighted by atomic mass is 35.5. The number of benzene rings is 2. The number of aryl methyl sites for hydroxylation is 1. The van der Waals surface area contributed by atoms with Gasteiger partial charge < -0.3 is 5.73 Å². The molecule has 1 unspecified atom stereocenters. The number of hydrogen-bond acceptors (Lipinski definition) is 1. The van der Waals surface area contributed by atoms with E-state index in [9.17, 15) is 4.39 Å². The Balaban J connectivity index is 2.61. The Labute approximate surface area is 111 Å². The van der Waals surface area contributed by atoms with Gasteiger partial charge in [0.05, 0.1) is 0 Å². The van der Waals surface area contributed by atoms with Crippen LogP contribution in [-0.4, -0.2) is 0 Å². The molecule has 0 heterocycles. The molecule has 1 atom stereocenters. The summed E-state index contributed by atoms with van der Waals surface area (Å²) in [6.07, 6.45) is 0. The summed E-state index contributed by atoms with van der Waals surface area (Å²) in [5.74, 6) is -0.272. The van der Waals surface area contributed by atoms with Gasteiger partial charge in [0.2, 0.25) is 0 Å². The molecule has 0 aliphatic carbocycles. The quantitative estimate of drug-likeness (QED) is 0.850.